The number of benzene rings is 1. The number of nitrogens with zero attached hydrogens (tertiary/aromatic N) is 2. The number of ether oxygens (including phenoxy) is 1. The Balaban J connectivity index is 2.38. The molecule has 2 atom stereocenters. The van der Waals surface area contributed by atoms with Gasteiger partial charge >= 0.3 is 5.97 Å². The van der Waals surface area contributed by atoms with E-state index in [2.05, 4.69) is 4.74 Å². The summed E-state index contributed by atoms with van der Waals surface area (Å²) in [5.74, 6) is -0.706. The van der Waals surface area contributed by atoms with Crippen LogP contribution in [-0.4, -0.2) is 54.5 Å². The van der Waals surface area contributed by atoms with Gasteiger partial charge in [0.1, 0.15) is 6.04 Å². The summed E-state index contributed by atoms with van der Waals surface area (Å²) in [5, 5.41) is 20.4. The highest BCUT2D eigenvalue weighted by Crippen LogP contribution is 2.27. The summed E-state index contributed by atoms with van der Waals surface area (Å²) < 4.78 is 30.9. The van der Waals surface area contributed by atoms with Crippen molar-refractivity contribution in [2.75, 3.05) is 13.7 Å². The van der Waals surface area contributed by atoms with Crippen LogP contribution in [0.15, 0.2) is 29.2 Å². The van der Waals surface area contributed by atoms with Gasteiger partial charge in [-0.05, 0) is 25.0 Å². The lowest BCUT2D eigenvalue weighted by Gasteiger charge is -2.35. The summed E-state index contributed by atoms with van der Waals surface area (Å²) in [6.07, 6.45) is -0.463. The maximum atomic E-state index is 12.7. The summed E-state index contributed by atoms with van der Waals surface area (Å²) in [5.41, 5.74) is -0.243. The number of nitro groups is 1. The Bertz CT molecular complexity index is 702. The van der Waals surface area contributed by atoms with Gasteiger partial charge in [-0.2, -0.15) is 4.31 Å². The lowest BCUT2D eigenvalue weighted by Crippen LogP contribution is -2.52. The highest BCUT2D eigenvalue weighted by atomic mass is 32.2. The Morgan fingerprint density at radius 3 is 2.48 bits per heavy atom. The zero-order valence-corrected chi connectivity index (χ0v) is 13.1. The molecule has 0 spiro atoms. The molecule has 10 heteroatoms. The fraction of sp³-hybridized carbons (Fsp3) is 0.462. The molecular formula is C13H16N2O7S. The van der Waals surface area contributed by atoms with Crippen LogP contribution in [0.1, 0.15) is 12.8 Å². The number of piperidine rings is 1. The minimum Gasteiger partial charge on any atom is -0.468 e. The van der Waals surface area contributed by atoms with Gasteiger partial charge in [0.2, 0.25) is 10.0 Å². The largest absolute Gasteiger partial charge is 0.468 e. The van der Waals surface area contributed by atoms with Gasteiger partial charge in [0.25, 0.3) is 5.69 Å². The number of aliphatic hydroxyl groups is 1. The molecule has 0 aromatic heterocycles. The van der Waals surface area contributed by atoms with E-state index in [1.54, 1.807) is 0 Å². The number of nitro benzene ring substituents is 1. The first kappa shape index (κ1) is 17.3. The van der Waals surface area contributed by atoms with Crippen LogP contribution < -0.4 is 0 Å². The zero-order valence-electron chi connectivity index (χ0n) is 12.3. The standard InChI is InChI=1S/C13H16N2O7S/c1-22-13(17)12-7-4-10(16)8-14(12)23(20,21)11-5-2-9(3-6-11)15(18)19/h2-3,5-6,10,12,16H,4,7-8H2,1H3/t10-,12-/m0/s1. The third kappa shape index (κ3) is 3.49. The van der Waals surface area contributed by atoms with Crippen LogP contribution in [0.5, 0.6) is 0 Å². The van der Waals surface area contributed by atoms with Gasteiger partial charge in [-0.25, -0.2) is 8.42 Å². The monoisotopic (exact) mass is 344 g/mol. The van der Waals surface area contributed by atoms with Crippen molar-refractivity contribution < 1.29 is 28.0 Å². The number of non-ortho nitro benzene ring substituents is 1. The SMILES string of the molecule is COC(=O)[C@@H]1CC[C@H](O)CN1S(=O)(=O)c1ccc([N+](=O)[O-])cc1. The lowest BCUT2D eigenvalue weighted by molar-refractivity contribution is -0.384. The molecule has 1 aliphatic heterocycles. The second-order valence-electron chi connectivity index (χ2n) is 5.10. The number of carbonyl (C=O) groups is 1. The lowest BCUT2D eigenvalue weighted by atomic mass is 10.0. The van der Waals surface area contributed by atoms with Crippen molar-refractivity contribution >= 4 is 21.7 Å². The van der Waals surface area contributed by atoms with Crippen molar-refractivity contribution in [1.29, 1.82) is 0 Å². The minimum atomic E-state index is -4.09. The number of sulfonamides is 1. The van der Waals surface area contributed by atoms with E-state index >= 15 is 0 Å². The molecule has 0 amide bonds. The molecule has 0 bridgehead atoms. The van der Waals surface area contributed by atoms with E-state index in [1.165, 1.54) is 0 Å². The number of carbonyl (C=O) groups excluding carboxylic acids is 1. The molecule has 1 aromatic carbocycles. The van der Waals surface area contributed by atoms with Gasteiger partial charge in [0.15, 0.2) is 0 Å². The molecule has 1 fully saturated rings. The quantitative estimate of drug-likeness (QED) is 0.472. The molecule has 0 unspecified atom stereocenters. The maximum absolute atomic E-state index is 12.7. The number of hydrogen-bond donors (Lipinski definition) is 1. The molecule has 2 rings (SSSR count). The number of β-amino-alcohol motifs (C(OH)–C–C–N with tert-alkyl or cyclic N) is 1. The van der Waals surface area contributed by atoms with Crippen LogP contribution >= 0.6 is 0 Å². The number of esters is 1. The van der Waals surface area contributed by atoms with E-state index in [-0.39, 0.29) is 30.0 Å². The number of hydrogen-bond acceptors (Lipinski definition) is 7. The minimum absolute atomic E-state index is 0.139. The summed E-state index contributed by atoms with van der Waals surface area (Å²) in [6, 6.07) is 3.32. The van der Waals surface area contributed by atoms with Gasteiger partial charge in [0, 0.05) is 18.7 Å². The van der Waals surface area contributed by atoms with Crippen molar-refractivity contribution in [2.45, 2.75) is 29.9 Å². The van der Waals surface area contributed by atoms with Crippen molar-refractivity contribution in [3.8, 4) is 0 Å². The number of aliphatic hydroxyl groups excluding tert-OH is 1. The Morgan fingerprint density at radius 2 is 1.96 bits per heavy atom. The van der Waals surface area contributed by atoms with Gasteiger partial charge < -0.3 is 9.84 Å². The van der Waals surface area contributed by atoms with Crippen LogP contribution in [0.2, 0.25) is 0 Å². The third-order valence-electron chi connectivity index (χ3n) is 3.64. The summed E-state index contributed by atoms with van der Waals surface area (Å²) in [6.45, 7) is -0.237. The van der Waals surface area contributed by atoms with Crippen LogP contribution in [0, 0.1) is 10.1 Å². The van der Waals surface area contributed by atoms with E-state index < -0.39 is 33.1 Å². The normalized spacial score (nSPS) is 22.5. The Labute approximate surface area is 132 Å². The van der Waals surface area contributed by atoms with Crippen LogP contribution in [-0.2, 0) is 19.6 Å². The van der Waals surface area contributed by atoms with Crippen molar-refractivity contribution in [3.05, 3.63) is 34.4 Å². The predicted octanol–water partition coefficient (Wildman–Crippen LogP) is 0.282. The fourth-order valence-corrected chi connectivity index (χ4v) is 4.08. The van der Waals surface area contributed by atoms with Crippen molar-refractivity contribution in [2.24, 2.45) is 0 Å². The highest BCUT2D eigenvalue weighted by molar-refractivity contribution is 7.89. The molecule has 1 aromatic rings. The molecule has 23 heavy (non-hydrogen) atoms. The molecule has 9 nitrogen and oxygen atoms in total. The molecule has 0 radical (unpaired) electrons. The second kappa shape index (κ2) is 6.60. The van der Waals surface area contributed by atoms with Crippen molar-refractivity contribution in [3.63, 3.8) is 0 Å². The first-order valence-corrected chi connectivity index (χ1v) is 8.23. The first-order valence-electron chi connectivity index (χ1n) is 6.79. The van der Waals surface area contributed by atoms with E-state index in [9.17, 15) is 28.4 Å². The van der Waals surface area contributed by atoms with E-state index in [0.717, 1.165) is 35.7 Å². The molecule has 126 valence electrons. The van der Waals surface area contributed by atoms with Crippen molar-refractivity contribution in [1.82, 2.24) is 4.31 Å². The summed E-state index contributed by atoms with van der Waals surface area (Å²) >= 11 is 0. The first-order chi connectivity index (χ1) is 10.8. The van der Waals surface area contributed by atoms with E-state index in [0.29, 0.717) is 0 Å². The summed E-state index contributed by atoms with van der Waals surface area (Å²) in [4.78, 5) is 21.6. The fourth-order valence-electron chi connectivity index (χ4n) is 2.43. The maximum Gasteiger partial charge on any atom is 0.324 e. The Kier molecular flexibility index (Phi) is 4.97. The van der Waals surface area contributed by atoms with Gasteiger partial charge in [-0.1, -0.05) is 0 Å². The molecule has 1 aliphatic rings. The molecule has 1 N–H and O–H groups in total. The van der Waals surface area contributed by atoms with E-state index in [4.69, 9.17) is 0 Å². The van der Waals surface area contributed by atoms with Crippen LogP contribution in [0.4, 0.5) is 5.69 Å². The predicted molar refractivity (Wildman–Crippen MR) is 78.0 cm³/mol. The molecule has 0 saturated carbocycles. The zero-order chi connectivity index (χ0) is 17.2. The molecular weight excluding hydrogens is 328 g/mol. The average molecular weight is 344 g/mol. The highest BCUT2D eigenvalue weighted by Gasteiger charge is 2.41. The Hall–Kier alpha value is -2.04. The average Bonchev–Trinajstić information content (AvgIpc) is 2.54. The van der Waals surface area contributed by atoms with Crippen LogP contribution in [0.25, 0.3) is 0 Å². The van der Waals surface area contributed by atoms with Gasteiger partial charge in [-0.3, -0.25) is 14.9 Å². The second-order valence-corrected chi connectivity index (χ2v) is 6.99. The summed E-state index contributed by atoms with van der Waals surface area (Å²) in [7, 11) is -2.94. The Morgan fingerprint density at radius 1 is 1.35 bits per heavy atom. The van der Waals surface area contributed by atoms with Gasteiger partial charge in [-0.15, -0.1) is 0 Å². The van der Waals surface area contributed by atoms with E-state index in [1.807, 2.05) is 0 Å². The molecule has 1 saturated heterocycles. The third-order valence-corrected chi connectivity index (χ3v) is 5.53. The topological polar surface area (TPSA) is 127 Å². The number of methoxy groups -OCH3 is 1. The van der Waals surface area contributed by atoms with Crippen LogP contribution in [0.3, 0.4) is 0 Å². The molecule has 1 heterocycles. The van der Waals surface area contributed by atoms with Gasteiger partial charge in [0.05, 0.1) is 23.0 Å². The molecule has 0 aliphatic carbocycles. The smallest absolute Gasteiger partial charge is 0.324 e. The number of rotatable bonds is 4.